The Labute approximate surface area is 143 Å². The van der Waals surface area contributed by atoms with E-state index in [2.05, 4.69) is 52.7 Å². The number of benzene rings is 2. The average Bonchev–Trinajstić information content (AvgIpc) is 3.40. The third-order valence-corrected chi connectivity index (χ3v) is 5.36. The number of rotatable bonds is 3. The normalized spacial score (nSPS) is 19.0. The molecule has 2 aromatic rings. The first kappa shape index (κ1) is 14.9. The van der Waals surface area contributed by atoms with Crippen LogP contribution in [0.2, 0.25) is 0 Å². The van der Waals surface area contributed by atoms with Gasteiger partial charge in [0, 0.05) is 11.6 Å². The molecule has 1 aliphatic heterocycles. The Kier molecular flexibility index (Phi) is 4.19. The summed E-state index contributed by atoms with van der Waals surface area (Å²) >= 11 is 5.53. The summed E-state index contributed by atoms with van der Waals surface area (Å²) < 4.78 is 0. The zero-order chi connectivity index (χ0) is 15.6. The Hall–Kier alpha value is -1.65. The standard InChI is InChI=1S/C19H23N3S/c23-19(20-17-8-9-17)22-12-10-21(11-13-22)14-16-6-3-5-15-4-1-2-7-18(15)16/h1-7,17H,8-14H2,(H,20,23)/p+1. The number of piperazine rings is 1. The maximum atomic E-state index is 5.53. The lowest BCUT2D eigenvalue weighted by Crippen LogP contribution is -3.13. The van der Waals surface area contributed by atoms with Crippen molar-refractivity contribution in [3.8, 4) is 0 Å². The largest absolute Gasteiger partial charge is 0.360 e. The second kappa shape index (κ2) is 6.46. The van der Waals surface area contributed by atoms with E-state index in [0.717, 1.165) is 37.8 Å². The van der Waals surface area contributed by atoms with Gasteiger partial charge >= 0.3 is 0 Å². The van der Waals surface area contributed by atoms with Crippen molar-refractivity contribution in [2.75, 3.05) is 26.2 Å². The van der Waals surface area contributed by atoms with Gasteiger partial charge in [0.05, 0.1) is 26.2 Å². The fourth-order valence-electron chi connectivity index (χ4n) is 3.41. The maximum Gasteiger partial charge on any atom is 0.169 e. The highest BCUT2D eigenvalue weighted by Crippen LogP contribution is 2.19. The summed E-state index contributed by atoms with van der Waals surface area (Å²) in [6, 6.07) is 16.0. The smallest absolute Gasteiger partial charge is 0.169 e. The van der Waals surface area contributed by atoms with E-state index in [1.807, 2.05) is 0 Å². The van der Waals surface area contributed by atoms with Gasteiger partial charge in [-0.05, 0) is 35.8 Å². The second-order valence-corrected chi connectivity index (χ2v) is 7.16. The molecule has 23 heavy (non-hydrogen) atoms. The molecule has 3 nitrogen and oxygen atoms in total. The van der Waals surface area contributed by atoms with Crippen LogP contribution in [0.5, 0.6) is 0 Å². The molecule has 0 aromatic heterocycles. The molecule has 1 saturated heterocycles. The Balaban J connectivity index is 1.37. The summed E-state index contributed by atoms with van der Waals surface area (Å²) in [6.07, 6.45) is 2.57. The van der Waals surface area contributed by atoms with Gasteiger partial charge in [0.2, 0.25) is 0 Å². The Morgan fingerprint density at radius 1 is 1.09 bits per heavy atom. The van der Waals surface area contributed by atoms with E-state index in [1.165, 1.54) is 29.2 Å². The Bertz CT molecular complexity index is 697. The summed E-state index contributed by atoms with van der Waals surface area (Å²) in [6.45, 7) is 5.57. The zero-order valence-corrected chi connectivity index (χ0v) is 14.2. The molecule has 2 aromatic carbocycles. The van der Waals surface area contributed by atoms with Crippen LogP contribution in [-0.4, -0.2) is 42.2 Å². The molecular formula is C19H24N3S+. The van der Waals surface area contributed by atoms with E-state index >= 15 is 0 Å². The first-order valence-corrected chi connectivity index (χ1v) is 9.06. The predicted octanol–water partition coefficient (Wildman–Crippen LogP) is 1.58. The number of fused-ring (bicyclic) bond motifs is 1. The number of thiocarbonyl (C=S) groups is 1. The minimum atomic E-state index is 0.656. The maximum absolute atomic E-state index is 5.53. The predicted molar refractivity (Wildman–Crippen MR) is 98.7 cm³/mol. The molecule has 1 heterocycles. The van der Waals surface area contributed by atoms with Gasteiger partial charge in [-0.2, -0.15) is 0 Å². The fourth-order valence-corrected chi connectivity index (χ4v) is 3.76. The Morgan fingerprint density at radius 2 is 1.83 bits per heavy atom. The van der Waals surface area contributed by atoms with Crippen molar-refractivity contribution in [1.82, 2.24) is 10.2 Å². The van der Waals surface area contributed by atoms with Crippen molar-refractivity contribution < 1.29 is 4.90 Å². The third kappa shape index (κ3) is 3.48. The van der Waals surface area contributed by atoms with Gasteiger partial charge in [-0.25, -0.2) is 0 Å². The number of quaternary nitrogens is 1. The zero-order valence-electron chi connectivity index (χ0n) is 13.4. The van der Waals surface area contributed by atoms with Crippen molar-refractivity contribution in [2.45, 2.75) is 25.4 Å². The second-order valence-electron chi connectivity index (χ2n) is 6.78. The molecule has 4 rings (SSSR count). The lowest BCUT2D eigenvalue weighted by atomic mass is 10.0. The van der Waals surface area contributed by atoms with E-state index in [4.69, 9.17) is 12.2 Å². The molecule has 4 heteroatoms. The topological polar surface area (TPSA) is 19.7 Å². The quantitative estimate of drug-likeness (QED) is 0.836. The first-order valence-electron chi connectivity index (χ1n) is 8.65. The van der Waals surface area contributed by atoms with Gasteiger partial charge < -0.3 is 15.1 Å². The summed E-state index contributed by atoms with van der Waals surface area (Å²) in [4.78, 5) is 4.01. The van der Waals surface area contributed by atoms with Crippen molar-refractivity contribution in [3.05, 3.63) is 48.0 Å². The van der Waals surface area contributed by atoms with Crippen molar-refractivity contribution in [1.29, 1.82) is 0 Å². The molecule has 2 aliphatic rings. The van der Waals surface area contributed by atoms with E-state index in [9.17, 15) is 0 Å². The monoisotopic (exact) mass is 326 g/mol. The van der Waals surface area contributed by atoms with Crippen molar-refractivity contribution in [3.63, 3.8) is 0 Å². The molecule has 0 atom stereocenters. The van der Waals surface area contributed by atoms with E-state index in [1.54, 1.807) is 4.90 Å². The number of hydrogen-bond donors (Lipinski definition) is 2. The van der Waals surface area contributed by atoms with Gasteiger partial charge in [0.15, 0.2) is 5.11 Å². The molecular weight excluding hydrogens is 302 g/mol. The highest BCUT2D eigenvalue weighted by Gasteiger charge is 2.27. The minimum absolute atomic E-state index is 0.656. The molecule has 1 aliphatic carbocycles. The Morgan fingerprint density at radius 3 is 2.61 bits per heavy atom. The number of nitrogens with zero attached hydrogens (tertiary/aromatic N) is 1. The molecule has 1 saturated carbocycles. The number of nitrogens with one attached hydrogen (secondary N) is 2. The van der Waals surface area contributed by atoms with Gasteiger partial charge in [0.1, 0.15) is 6.54 Å². The average molecular weight is 326 g/mol. The van der Waals surface area contributed by atoms with E-state index in [-0.39, 0.29) is 0 Å². The lowest BCUT2D eigenvalue weighted by Gasteiger charge is -2.34. The van der Waals surface area contributed by atoms with Crippen LogP contribution in [0.3, 0.4) is 0 Å². The van der Waals surface area contributed by atoms with E-state index in [0.29, 0.717) is 6.04 Å². The summed E-state index contributed by atoms with van der Waals surface area (Å²) in [7, 11) is 0. The molecule has 0 bridgehead atoms. The summed E-state index contributed by atoms with van der Waals surface area (Å²) in [5.41, 5.74) is 1.46. The van der Waals surface area contributed by atoms with Gasteiger partial charge in [-0.1, -0.05) is 42.5 Å². The first-order chi connectivity index (χ1) is 11.3. The number of hydrogen-bond acceptors (Lipinski definition) is 1. The van der Waals surface area contributed by atoms with Crippen LogP contribution in [-0.2, 0) is 6.54 Å². The van der Waals surface area contributed by atoms with Crippen molar-refractivity contribution >= 4 is 28.1 Å². The summed E-state index contributed by atoms with van der Waals surface area (Å²) in [5, 5.41) is 7.17. The van der Waals surface area contributed by atoms with Crippen LogP contribution in [0.15, 0.2) is 42.5 Å². The van der Waals surface area contributed by atoms with Crippen LogP contribution < -0.4 is 10.2 Å². The minimum Gasteiger partial charge on any atom is -0.360 e. The van der Waals surface area contributed by atoms with Crippen LogP contribution in [0, 0.1) is 0 Å². The molecule has 120 valence electrons. The highest BCUT2D eigenvalue weighted by molar-refractivity contribution is 7.80. The van der Waals surface area contributed by atoms with Gasteiger partial charge in [-0.15, -0.1) is 0 Å². The van der Waals surface area contributed by atoms with Crippen LogP contribution in [0.4, 0.5) is 0 Å². The van der Waals surface area contributed by atoms with E-state index < -0.39 is 0 Å². The van der Waals surface area contributed by atoms with Crippen LogP contribution in [0.25, 0.3) is 10.8 Å². The van der Waals surface area contributed by atoms with Gasteiger partial charge in [0.25, 0.3) is 0 Å². The molecule has 0 spiro atoms. The third-order valence-electron chi connectivity index (χ3n) is 4.98. The fraction of sp³-hybridized carbons (Fsp3) is 0.421. The molecule has 2 N–H and O–H groups in total. The lowest BCUT2D eigenvalue weighted by molar-refractivity contribution is -0.917. The molecule has 0 unspecified atom stereocenters. The summed E-state index contributed by atoms with van der Waals surface area (Å²) in [5.74, 6) is 0. The highest BCUT2D eigenvalue weighted by atomic mass is 32.1. The molecule has 2 fully saturated rings. The van der Waals surface area contributed by atoms with Crippen molar-refractivity contribution in [2.24, 2.45) is 0 Å². The molecule has 0 amide bonds. The molecule has 0 radical (unpaired) electrons. The van der Waals surface area contributed by atoms with Gasteiger partial charge in [-0.3, -0.25) is 0 Å². The SMILES string of the molecule is S=C(NC1CC1)N1CC[NH+](Cc2cccc3ccccc23)CC1. The van der Waals surface area contributed by atoms with Crippen LogP contribution in [0.1, 0.15) is 18.4 Å². The van der Waals surface area contributed by atoms with Crippen LogP contribution >= 0.6 is 12.2 Å².